The molecule has 1 rings (SSSR count). The highest BCUT2D eigenvalue weighted by Gasteiger charge is 1.95. The van der Waals surface area contributed by atoms with E-state index in [1.165, 1.54) is 51.0 Å². The van der Waals surface area contributed by atoms with E-state index >= 15 is 0 Å². The fourth-order valence-corrected chi connectivity index (χ4v) is 2.54. The zero-order valence-electron chi connectivity index (χ0n) is 14.7. The van der Waals surface area contributed by atoms with Gasteiger partial charge in [-0.05, 0) is 25.0 Å². The molecule has 1 N–H and O–H groups in total. The van der Waals surface area contributed by atoms with Crippen LogP contribution in [0.5, 0.6) is 0 Å². The van der Waals surface area contributed by atoms with Crippen molar-refractivity contribution < 1.29 is 14.2 Å². The molecule has 0 radical (unpaired) electrons. The maximum absolute atomic E-state index is 13.4. The van der Waals surface area contributed by atoms with Crippen LogP contribution >= 0.6 is 0 Å². The average Bonchev–Trinajstić information content (AvgIpc) is 2.60. The molecule has 0 bridgehead atoms. The number of hydrogen-bond donors (Lipinski definition) is 1. The summed E-state index contributed by atoms with van der Waals surface area (Å²) >= 11 is 0. The lowest BCUT2D eigenvalue weighted by molar-refractivity contribution is 0.0895. The third-order valence-corrected chi connectivity index (χ3v) is 3.92. The molecule has 1 aromatic carbocycles. The van der Waals surface area contributed by atoms with Gasteiger partial charge in [0.25, 0.3) is 0 Å². The maximum atomic E-state index is 13.4. The SMILES string of the molecule is OCCOCCCCCCCCCCCC#Cc1ccccc1F. The second kappa shape index (κ2) is 15.2. The molecule has 0 unspecified atom stereocenters. The van der Waals surface area contributed by atoms with E-state index < -0.39 is 0 Å². The Morgan fingerprint density at radius 1 is 0.833 bits per heavy atom. The number of ether oxygens (including phenoxy) is 1. The maximum Gasteiger partial charge on any atom is 0.138 e. The molecule has 0 atom stereocenters. The quantitative estimate of drug-likeness (QED) is 0.402. The summed E-state index contributed by atoms with van der Waals surface area (Å²) in [5, 5.41) is 8.57. The summed E-state index contributed by atoms with van der Waals surface area (Å²) in [5.41, 5.74) is 0.499. The Morgan fingerprint density at radius 2 is 1.46 bits per heavy atom. The van der Waals surface area contributed by atoms with Crippen molar-refractivity contribution >= 4 is 0 Å². The van der Waals surface area contributed by atoms with Crippen LogP contribution in [0.25, 0.3) is 0 Å². The normalized spacial score (nSPS) is 10.4. The van der Waals surface area contributed by atoms with Crippen LogP contribution in [-0.4, -0.2) is 24.9 Å². The molecule has 134 valence electrons. The van der Waals surface area contributed by atoms with Crippen molar-refractivity contribution in [2.24, 2.45) is 0 Å². The summed E-state index contributed by atoms with van der Waals surface area (Å²) in [4.78, 5) is 0. The summed E-state index contributed by atoms with van der Waals surface area (Å²) in [7, 11) is 0. The Morgan fingerprint density at radius 3 is 2.12 bits per heavy atom. The van der Waals surface area contributed by atoms with Gasteiger partial charge in [-0.3, -0.25) is 0 Å². The van der Waals surface area contributed by atoms with Crippen LogP contribution < -0.4 is 0 Å². The lowest BCUT2D eigenvalue weighted by atomic mass is 10.1. The summed E-state index contributed by atoms with van der Waals surface area (Å²) in [6.45, 7) is 1.36. The smallest absolute Gasteiger partial charge is 0.138 e. The van der Waals surface area contributed by atoms with Gasteiger partial charge in [0.2, 0.25) is 0 Å². The fourth-order valence-electron chi connectivity index (χ4n) is 2.54. The van der Waals surface area contributed by atoms with Crippen molar-refractivity contribution in [1.29, 1.82) is 0 Å². The van der Waals surface area contributed by atoms with Crippen molar-refractivity contribution in [2.75, 3.05) is 19.8 Å². The van der Waals surface area contributed by atoms with Gasteiger partial charge in [0.15, 0.2) is 0 Å². The van der Waals surface area contributed by atoms with E-state index in [1.54, 1.807) is 12.1 Å². The van der Waals surface area contributed by atoms with Gasteiger partial charge >= 0.3 is 0 Å². The Hall–Kier alpha value is -1.37. The first-order valence-corrected chi connectivity index (χ1v) is 9.26. The molecule has 0 spiro atoms. The Kier molecular flexibility index (Phi) is 13.1. The Labute approximate surface area is 146 Å². The van der Waals surface area contributed by atoms with Crippen LogP contribution in [0.1, 0.15) is 69.8 Å². The first-order chi connectivity index (χ1) is 11.8. The van der Waals surface area contributed by atoms with E-state index in [0.29, 0.717) is 12.2 Å². The molecule has 0 heterocycles. The summed E-state index contributed by atoms with van der Waals surface area (Å²) in [6, 6.07) is 6.67. The molecule has 1 aromatic rings. The van der Waals surface area contributed by atoms with Gasteiger partial charge in [0.05, 0.1) is 18.8 Å². The monoisotopic (exact) mass is 334 g/mol. The highest BCUT2D eigenvalue weighted by atomic mass is 19.1. The fraction of sp³-hybridized carbons (Fsp3) is 0.619. The van der Waals surface area contributed by atoms with Crippen molar-refractivity contribution in [3.05, 3.63) is 35.6 Å². The highest BCUT2D eigenvalue weighted by Crippen LogP contribution is 2.10. The largest absolute Gasteiger partial charge is 0.394 e. The average molecular weight is 334 g/mol. The van der Waals surface area contributed by atoms with Gasteiger partial charge in [0.1, 0.15) is 5.82 Å². The lowest BCUT2D eigenvalue weighted by Crippen LogP contribution is -2.00. The predicted molar refractivity (Wildman–Crippen MR) is 97.4 cm³/mol. The molecule has 0 aliphatic heterocycles. The first kappa shape index (κ1) is 20.7. The standard InChI is InChI=1S/C21H31FO2/c22-21-16-12-11-15-20(21)14-10-8-6-4-2-1-3-5-7-9-13-18-24-19-17-23/h11-12,15-16,23H,1-9,13,17-19H2. The number of hydrogen-bond acceptors (Lipinski definition) is 2. The van der Waals surface area contributed by atoms with E-state index in [4.69, 9.17) is 9.84 Å². The van der Waals surface area contributed by atoms with E-state index in [2.05, 4.69) is 11.8 Å². The minimum absolute atomic E-state index is 0.120. The summed E-state index contributed by atoms with van der Waals surface area (Å²) < 4.78 is 18.6. The molecular weight excluding hydrogens is 303 g/mol. The van der Waals surface area contributed by atoms with E-state index in [-0.39, 0.29) is 12.4 Å². The lowest BCUT2D eigenvalue weighted by Gasteiger charge is -2.03. The molecule has 3 heteroatoms. The van der Waals surface area contributed by atoms with Crippen molar-refractivity contribution in [3.8, 4) is 11.8 Å². The van der Waals surface area contributed by atoms with Crippen LogP contribution in [0.4, 0.5) is 4.39 Å². The zero-order valence-corrected chi connectivity index (χ0v) is 14.7. The third-order valence-electron chi connectivity index (χ3n) is 3.92. The second-order valence-corrected chi connectivity index (χ2v) is 6.05. The Bertz CT molecular complexity index is 476. The second-order valence-electron chi connectivity index (χ2n) is 6.05. The molecule has 0 amide bonds. The highest BCUT2D eigenvalue weighted by molar-refractivity contribution is 5.34. The minimum Gasteiger partial charge on any atom is -0.394 e. The number of unbranched alkanes of at least 4 members (excludes halogenated alkanes) is 9. The first-order valence-electron chi connectivity index (χ1n) is 9.26. The number of rotatable bonds is 13. The van der Waals surface area contributed by atoms with Crippen LogP contribution in [0, 0.1) is 17.7 Å². The van der Waals surface area contributed by atoms with Crippen LogP contribution in [0.15, 0.2) is 24.3 Å². The van der Waals surface area contributed by atoms with Gasteiger partial charge in [-0.2, -0.15) is 0 Å². The van der Waals surface area contributed by atoms with Gasteiger partial charge in [-0.1, -0.05) is 68.9 Å². The number of benzene rings is 1. The number of halogens is 1. The van der Waals surface area contributed by atoms with Gasteiger partial charge in [-0.25, -0.2) is 4.39 Å². The van der Waals surface area contributed by atoms with Crippen LogP contribution in [0.3, 0.4) is 0 Å². The molecular formula is C21H31FO2. The number of aliphatic hydroxyl groups is 1. The van der Waals surface area contributed by atoms with E-state index in [1.807, 2.05) is 6.07 Å². The third kappa shape index (κ3) is 11.2. The summed E-state index contributed by atoms with van der Waals surface area (Å²) in [6.07, 6.45) is 11.9. The molecule has 2 nitrogen and oxygen atoms in total. The van der Waals surface area contributed by atoms with E-state index in [9.17, 15) is 4.39 Å². The molecule has 0 saturated heterocycles. The van der Waals surface area contributed by atoms with Gasteiger partial charge in [0, 0.05) is 13.0 Å². The zero-order chi connectivity index (χ0) is 17.3. The van der Waals surface area contributed by atoms with Crippen molar-refractivity contribution in [3.63, 3.8) is 0 Å². The molecule has 0 aromatic heterocycles. The number of aliphatic hydroxyl groups excluding tert-OH is 1. The molecule has 0 aliphatic carbocycles. The Balaban J connectivity index is 1.85. The van der Waals surface area contributed by atoms with Crippen LogP contribution in [-0.2, 0) is 4.74 Å². The predicted octanol–water partition coefficient (Wildman–Crippen LogP) is 5.09. The van der Waals surface area contributed by atoms with Crippen molar-refractivity contribution in [1.82, 2.24) is 0 Å². The molecule has 0 saturated carbocycles. The van der Waals surface area contributed by atoms with Crippen molar-refractivity contribution in [2.45, 2.75) is 64.2 Å². The van der Waals surface area contributed by atoms with Gasteiger partial charge < -0.3 is 9.84 Å². The molecule has 24 heavy (non-hydrogen) atoms. The van der Waals surface area contributed by atoms with E-state index in [0.717, 1.165) is 25.9 Å². The van der Waals surface area contributed by atoms with Gasteiger partial charge in [-0.15, -0.1) is 0 Å². The summed E-state index contributed by atoms with van der Waals surface area (Å²) in [5.74, 6) is 5.74. The minimum atomic E-state index is -0.232. The molecule has 0 fully saturated rings. The topological polar surface area (TPSA) is 29.5 Å². The molecule has 0 aliphatic rings. The van der Waals surface area contributed by atoms with Crippen LogP contribution in [0.2, 0.25) is 0 Å².